The standard InChI is InChI=1S/C7H8Cl2/c1-6-3-2-4-7(8,9)5-6/h2-4H,5H2,1H3. The summed E-state index contributed by atoms with van der Waals surface area (Å²) >= 11 is 11.6. The van der Waals surface area contributed by atoms with Crippen molar-refractivity contribution < 1.29 is 0 Å². The summed E-state index contributed by atoms with van der Waals surface area (Å²) in [4.78, 5) is 0. The predicted octanol–water partition coefficient (Wildman–Crippen LogP) is 3.07. The lowest BCUT2D eigenvalue weighted by atomic mass is 10.1. The molecule has 0 aromatic carbocycles. The van der Waals surface area contributed by atoms with E-state index in [4.69, 9.17) is 23.2 Å². The van der Waals surface area contributed by atoms with Crippen LogP contribution >= 0.6 is 23.2 Å². The average Bonchev–Trinajstić information content (AvgIpc) is 1.60. The van der Waals surface area contributed by atoms with Gasteiger partial charge in [0, 0.05) is 6.42 Å². The Morgan fingerprint density at radius 2 is 2.22 bits per heavy atom. The van der Waals surface area contributed by atoms with E-state index in [0.29, 0.717) is 0 Å². The zero-order valence-electron chi connectivity index (χ0n) is 5.20. The molecule has 0 fully saturated rings. The van der Waals surface area contributed by atoms with Crippen molar-refractivity contribution in [2.75, 3.05) is 0 Å². The molecule has 0 saturated carbocycles. The fourth-order valence-electron chi connectivity index (χ4n) is 0.843. The predicted molar refractivity (Wildman–Crippen MR) is 42.0 cm³/mol. The van der Waals surface area contributed by atoms with Crippen molar-refractivity contribution in [3.8, 4) is 0 Å². The second kappa shape index (κ2) is 2.36. The second-order valence-corrected chi connectivity index (χ2v) is 3.85. The third kappa shape index (κ3) is 2.04. The van der Waals surface area contributed by atoms with Gasteiger partial charge in [-0.2, -0.15) is 0 Å². The molecular formula is C7H8Cl2. The first-order valence-electron chi connectivity index (χ1n) is 2.83. The molecule has 0 N–H and O–H groups in total. The van der Waals surface area contributed by atoms with E-state index in [1.807, 2.05) is 19.1 Å². The van der Waals surface area contributed by atoms with E-state index in [9.17, 15) is 0 Å². The van der Waals surface area contributed by atoms with Gasteiger partial charge in [-0.3, -0.25) is 0 Å². The molecule has 0 atom stereocenters. The van der Waals surface area contributed by atoms with Crippen molar-refractivity contribution in [1.29, 1.82) is 0 Å². The summed E-state index contributed by atoms with van der Waals surface area (Å²) in [6, 6.07) is 0. The maximum Gasteiger partial charge on any atom is 0.140 e. The summed E-state index contributed by atoms with van der Waals surface area (Å²) in [5.74, 6) is 0. The Morgan fingerprint density at radius 1 is 1.56 bits per heavy atom. The lowest BCUT2D eigenvalue weighted by molar-refractivity contribution is 0.902. The Morgan fingerprint density at radius 3 is 2.56 bits per heavy atom. The minimum absolute atomic E-state index is 0.654. The first-order valence-corrected chi connectivity index (χ1v) is 3.59. The van der Waals surface area contributed by atoms with Gasteiger partial charge < -0.3 is 0 Å². The minimum atomic E-state index is -0.654. The molecule has 0 aromatic rings. The Bertz CT molecular complexity index is 166. The second-order valence-electron chi connectivity index (χ2n) is 2.31. The van der Waals surface area contributed by atoms with Crippen LogP contribution < -0.4 is 0 Å². The van der Waals surface area contributed by atoms with Gasteiger partial charge in [0.2, 0.25) is 0 Å². The van der Waals surface area contributed by atoms with Crippen molar-refractivity contribution in [1.82, 2.24) is 0 Å². The average molecular weight is 163 g/mol. The largest absolute Gasteiger partial charge is 0.140 e. The normalized spacial score (nSPS) is 23.7. The fourth-order valence-corrected chi connectivity index (χ4v) is 1.41. The Balaban J connectivity index is 2.73. The van der Waals surface area contributed by atoms with Crippen LogP contribution in [0.25, 0.3) is 0 Å². The van der Waals surface area contributed by atoms with Crippen LogP contribution in [0.5, 0.6) is 0 Å². The molecule has 0 unspecified atom stereocenters. The highest BCUT2D eigenvalue weighted by Crippen LogP contribution is 2.32. The van der Waals surface area contributed by atoms with E-state index in [-0.39, 0.29) is 0 Å². The van der Waals surface area contributed by atoms with Crippen LogP contribution in [0.15, 0.2) is 23.8 Å². The Kier molecular flexibility index (Phi) is 1.88. The Hall–Kier alpha value is 0.0600. The third-order valence-corrected chi connectivity index (χ3v) is 1.75. The van der Waals surface area contributed by atoms with Crippen molar-refractivity contribution in [2.24, 2.45) is 0 Å². The zero-order chi connectivity index (χ0) is 6.91. The van der Waals surface area contributed by atoms with Gasteiger partial charge in [-0.05, 0) is 13.0 Å². The van der Waals surface area contributed by atoms with Gasteiger partial charge in [-0.25, -0.2) is 0 Å². The van der Waals surface area contributed by atoms with Gasteiger partial charge in [0.05, 0.1) is 0 Å². The van der Waals surface area contributed by atoms with E-state index < -0.39 is 4.33 Å². The first kappa shape index (κ1) is 7.17. The van der Waals surface area contributed by atoms with Crippen LogP contribution in [0.3, 0.4) is 0 Å². The lowest BCUT2D eigenvalue weighted by Gasteiger charge is -2.17. The van der Waals surface area contributed by atoms with Crippen LogP contribution in [0, 0.1) is 0 Å². The molecule has 1 rings (SSSR count). The van der Waals surface area contributed by atoms with E-state index >= 15 is 0 Å². The van der Waals surface area contributed by atoms with Crippen molar-refractivity contribution in [2.45, 2.75) is 17.7 Å². The summed E-state index contributed by atoms with van der Waals surface area (Å²) in [6.07, 6.45) is 6.44. The van der Waals surface area contributed by atoms with Gasteiger partial charge in [-0.1, -0.05) is 40.9 Å². The molecule has 50 valence electrons. The van der Waals surface area contributed by atoms with E-state index in [1.165, 1.54) is 5.57 Å². The van der Waals surface area contributed by atoms with Crippen LogP contribution in [0.1, 0.15) is 13.3 Å². The molecule has 1 aliphatic rings. The molecule has 1 aliphatic carbocycles. The number of alkyl halides is 2. The van der Waals surface area contributed by atoms with Crippen LogP contribution in [-0.4, -0.2) is 4.33 Å². The van der Waals surface area contributed by atoms with Gasteiger partial charge in [0.15, 0.2) is 0 Å². The quantitative estimate of drug-likeness (QED) is 0.481. The number of halogens is 2. The minimum Gasteiger partial charge on any atom is -0.0966 e. The summed E-state index contributed by atoms with van der Waals surface area (Å²) in [7, 11) is 0. The Labute approximate surface area is 65.2 Å². The smallest absolute Gasteiger partial charge is 0.0966 e. The molecule has 0 aliphatic heterocycles. The molecule has 0 spiro atoms. The van der Waals surface area contributed by atoms with Gasteiger partial charge in [-0.15, -0.1) is 0 Å². The van der Waals surface area contributed by atoms with Crippen LogP contribution in [0.2, 0.25) is 0 Å². The molecule has 0 radical (unpaired) electrons. The van der Waals surface area contributed by atoms with Crippen molar-refractivity contribution in [3.05, 3.63) is 23.8 Å². The molecular weight excluding hydrogens is 155 g/mol. The van der Waals surface area contributed by atoms with Crippen LogP contribution in [-0.2, 0) is 0 Å². The van der Waals surface area contributed by atoms with Crippen molar-refractivity contribution >= 4 is 23.2 Å². The SMILES string of the molecule is CC1=CC=CC(Cl)(Cl)C1. The highest BCUT2D eigenvalue weighted by Gasteiger charge is 2.21. The van der Waals surface area contributed by atoms with Gasteiger partial charge >= 0.3 is 0 Å². The molecule has 0 saturated heterocycles. The summed E-state index contributed by atoms with van der Waals surface area (Å²) < 4.78 is -0.654. The molecule has 9 heavy (non-hydrogen) atoms. The monoisotopic (exact) mass is 162 g/mol. The van der Waals surface area contributed by atoms with Crippen LogP contribution in [0.4, 0.5) is 0 Å². The highest BCUT2D eigenvalue weighted by atomic mass is 35.5. The van der Waals surface area contributed by atoms with Gasteiger partial charge in [0.1, 0.15) is 4.33 Å². The van der Waals surface area contributed by atoms with E-state index in [1.54, 1.807) is 6.08 Å². The number of hydrogen-bond donors (Lipinski definition) is 0. The maximum atomic E-state index is 5.80. The number of hydrogen-bond acceptors (Lipinski definition) is 0. The summed E-state index contributed by atoms with van der Waals surface area (Å²) in [5.41, 5.74) is 1.22. The number of allylic oxidation sites excluding steroid dienone is 4. The summed E-state index contributed by atoms with van der Waals surface area (Å²) in [6.45, 7) is 2.02. The van der Waals surface area contributed by atoms with Crippen molar-refractivity contribution in [3.63, 3.8) is 0 Å². The highest BCUT2D eigenvalue weighted by molar-refractivity contribution is 6.50. The lowest BCUT2D eigenvalue weighted by Crippen LogP contribution is -2.10. The zero-order valence-corrected chi connectivity index (χ0v) is 6.71. The summed E-state index contributed by atoms with van der Waals surface area (Å²) in [5, 5.41) is 0. The molecule has 0 amide bonds. The maximum absolute atomic E-state index is 5.80. The van der Waals surface area contributed by atoms with E-state index in [0.717, 1.165) is 6.42 Å². The fraction of sp³-hybridized carbons (Fsp3) is 0.429. The molecule has 0 nitrogen and oxygen atoms in total. The topological polar surface area (TPSA) is 0 Å². The molecule has 0 aromatic heterocycles. The number of rotatable bonds is 0. The first-order chi connectivity index (χ1) is 4.10. The molecule has 0 heterocycles. The molecule has 0 bridgehead atoms. The van der Waals surface area contributed by atoms with Gasteiger partial charge in [0.25, 0.3) is 0 Å². The third-order valence-electron chi connectivity index (χ3n) is 1.24. The molecule has 2 heteroatoms. The van der Waals surface area contributed by atoms with E-state index in [2.05, 4.69) is 0 Å².